The number of ether oxygens (including phenoxy) is 1. The van der Waals surface area contributed by atoms with Gasteiger partial charge in [-0.1, -0.05) is 11.6 Å². The van der Waals surface area contributed by atoms with E-state index in [9.17, 15) is 4.79 Å². The van der Waals surface area contributed by atoms with Gasteiger partial charge in [0, 0.05) is 0 Å². The van der Waals surface area contributed by atoms with Crippen LogP contribution in [0.25, 0.3) is 0 Å². The van der Waals surface area contributed by atoms with Gasteiger partial charge in [0.2, 0.25) is 0 Å². The van der Waals surface area contributed by atoms with Crippen LogP contribution in [0.1, 0.15) is 27.2 Å². The second-order valence-corrected chi connectivity index (χ2v) is 2.88. The zero-order valence-electron chi connectivity index (χ0n) is 7.96. The molecule has 0 aliphatic heterocycles. The summed E-state index contributed by atoms with van der Waals surface area (Å²) < 4.78 is 4.74. The molecule has 70 valence electrons. The van der Waals surface area contributed by atoms with E-state index in [0.29, 0.717) is 13.0 Å². The van der Waals surface area contributed by atoms with Crippen molar-refractivity contribution in [1.82, 2.24) is 0 Å². The van der Waals surface area contributed by atoms with E-state index in [1.165, 1.54) is 0 Å². The lowest BCUT2D eigenvalue weighted by molar-refractivity contribution is -0.144. The highest BCUT2D eigenvalue weighted by molar-refractivity contribution is 5.75. The van der Waals surface area contributed by atoms with Crippen molar-refractivity contribution < 1.29 is 9.53 Å². The Kier molecular flexibility index (Phi) is 5.37. The van der Waals surface area contributed by atoms with Crippen molar-refractivity contribution in [2.45, 2.75) is 33.2 Å². The SMILES string of the molecule is CCOC(=O)[C@H](N)CC=C(C)C. The minimum absolute atomic E-state index is 0.324. The van der Waals surface area contributed by atoms with E-state index >= 15 is 0 Å². The normalized spacial score (nSPS) is 12.0. The minimum Gasteiger partial charge on any atom is -0.465 e. The van der Waals surface area contributed by atoms with Gasteiger partial charge in [-0.2, -0.15) is 0 Å². The average Bonchev–Trinajstić information content (AvgIpc) is 2.00. The molecule has 0 amide bonds. The maximum absolute atomic E-state index is 11.0. The first-order chi connectivity index (χ1) is 5.57. The summed E-state index contributed by atoms with van der Waals surface area (Å²) in [5.41, 5.74) is 6.69. The molecular weight excluding hydrogens is 154 g/mol. The third-order valence-electron chi connectivity index (χ3n) is 1.37. The third kappa shape index (κ3) is 4.91. The second-order valence-electron chi connectivity index (χ2n) is 2.88. The van der Waals surface area contributed by atoms with Gasteiger partial charge in [0.25, 0.3) is 0 Å². The smallest absolute Gasteiger partial charge is 0.323 e. The molecule has 1 atom stereocenters. The summed E-state index contributed by atoms with van der Waals surface area (Å²) in [6, 6.07) is -0.514. The Morgan fingerprint density at radius 1 is 1.58 bits per heavy atom. The van der Waals surface area contributed by atoms with Gasteiger partial charge in [0.15, 0.2) is 0 Å². The maximum Gasteiger partial charge on any atom is 0.323 e. The lowest BCUT2D eigenvalue weighted by Crippen LogP contribution is -2.31. The number of hydrogen-bond acceptors (Lipinski definition) is 3. The molecule has 2 N–H and O–H groups in total. The van der Waals surface area contributed by atoms with Gasteiger partial charge in [0.1, 0.15) is 6.04 Å². The molecule has 0 aliphatic carbocycles. The third-order valence-corrected chi connectivity index (χ3v) is 1.37. The van der Waals surface area contributed by atoms with Gasteiger partial charge in [-0.15, -0.1) is 0 Å². The molecule has 0 spiro atoms. The molecular formula is C9H17NO2. The number of allylic oxidation sites excluding steroid dienone is 1. The largest absolute Gasteiger partial charge is 0.465 e. The van der Waals surface area contributed by atoms with Crippen molar-refractivity contribution in [2.24, 2.45) is 5.73 Å². The van der Waals surface area contributed by atoms with Crippen molar-refractivity contribution in [3.63, 3.8) is 0 Å². The molecule has 0 aliphatic rings. The maximum atomic E-state index is 11.0. The number of hydrogen-bond donors (Lipinski definition) is 1. The first kappa shape index (κ1) is 11.2. The van der Waals surface area contributed by atoms with Crippen molar-refractivity contribution >= 4 is 5.97 Å². The van der Waals surface area contributed by atoms with Crippen LogP contribution in [0.15, 0.2) is 11.6 Å². The Labute approximate surface area is 73.6 Å². The highest BCUT2D eigenvalue weighted by Gasteiger charge is 2.11. The lowest BCUT2D eigenvalue weighted by Gasteiger charge is -2.07. The molecule has 0 aromatic heterocycles. The van der Waals surface area contributed by atoms with Crippen molar-refractivity contribution in [1.29, 1.82) is 0 Å². The molecule has 0 fully saturated rings. The predicted molar refractivity (Wildman–Crippen MR) is 48.7 cm³/mol. The van der Waals surface area contributed by atoms with Crippen LogP contribution >= 0.6 is 0 Å². The first-order valence-electron chi connectivity index (χ1n) is 4.13. The summed E-state index contributed by atoms with van der Waals surface area (Å²) in [5, 5.41) is 0. The summed E-state index contributed by atoms with van der Waals surface area (Å²) in [5.74, 6) is -0.324. The molecule has 0 bridgehead atoms. The van der Waals surface area contributed by atoms with Crippen LogP contribution in [0.5, 0.6) is 0 Å². The molecule has 12 heavy (non-hydrogen) atoms. The molecule has 0 radical (unpaired) electrons. The predicted octanol–water partition coefficient (Wildman–Crippen LogP) is 1.23. The molecule has 0 heterocycles. The van der Waals surface area contributed by atoms with E-state index in [-0.39, 0.29) is 5.97 Å². The molecule has 0 saturated heterocycles. The number of carbonyl (C=O) groups excluding carboxylic acids is 1. The van der Waals surface area contributed by atoms with Gasteiger partial charge in [-0.05, 0) is 27.2 Å². The fraction of sp³-hybridized carbons (Fsp3) is 0.667. The zero-order valence-corrected chi connectivity index (χ0v) is 7.96. The Hall–Kier alpha value is -0.830. The van der Waals surface area contributed by atoms with Gasteiger partial charge in [-0.3, -0.25) is 4.79 Å². The Morgan fingerprint density at radius 3 is 2.58 bits per heavy atom. The lowest BCUT2D eigenvalue weighted by atomic mass is 10.2. The fourth-order valence-electron chi connectivity index (χ4n) is 0.708. The van der Waals surface area contributed by atoms with Crippen LogP contribution in [0.4, 0.5) is 0 Å². The fourth-order valence-corrected chi connectivity index (χ4v) is 0.708. The molecule has 3 heteroatoms. The minimum atomic E-state index is -0.514. The van der Waals surface area contributed by atoms with Gasteiger partial charge in [-0.25, -0.2) is 0 Å². The quantitative estimate of drug-likeness (QED) is 0.511. The average molecular weight is 171 g/mol. The number of rotatable bonds is 4. The molecule has 0 saturated carbocycles. The van der Waals surface area contributed by atoms with Crippen molar-refractivity contribution in [3.05, 3.63) is 11.6 Å². The Balaban J connectivity index is 3.79. The summed E-state index contributed by atoms with van der Waals surface area (Å²) >= 11 is 0. The van der Waals surface area contributed by atoms with Crippen molar-refractivity contribution in [3.8, 4) is 0 Å². The zero-order chi connectivity index (χ0) is 9.56. The molecule has 0 aromatic carbocycles. The topological polar surface area (TPSA) is 52.3 Å². The number of esters is 1. The van der Waals surface area contributed by atoms with E-state index < -0.39 is 6.04 Å². The van der Waals surface area contributed by atoms with Crippen LogP contribution in [0.2, 0.25) is 0 Å². The number of carbonyl (C=O) groups is 1. The van der Waals surface area contributed by atoms with E-state index in [2.05, 4.69) is 0 Å². The molecule has 0 unspecified atom stereocenters. The van der Waals surface area contributed by atoms with Crippen LogP contribution < -0.4 is 5.73 Å². The summed E-state index contributed by atoms with van der Waals surface area (Å²) in [6.07, 6.45) is 2.49. The van der Waals surface area contributed by atoms with Gasteiger partial charge in [0.05, 0.1) is 6.61 Å². The highest BCUT2D eigenvalue weighted by Crippen LogP contribution is 1.98. The van der Waals surface area contributed by atoms with E-state index in [0.717, 1.165) is 5.57 Å². The van der Waals surface area contributed by atoms with Crippen LogP contribution in [0, 0.1) is 0 Å². The Morgan fingerprint density at radius 2 is 2.17 bits per heavy atom. The van der Waals surface area contributed by atoms with E-state index in [1.807, 2.05) is 19.9 Å². The Bertz CT molecular complexity index is 171. The van der Waals surface area contributed by atoms with Crippen LogP contribution in [-0.4, -0.2) is 18.6 Å². The standard InChI is InChI=1S/C9H17NO2/c1-4-12-9(11)8(10)6-5-7(2)3/h5,8H,4,6,10H2,1-3H3/t8-/m1/s1. The molecule has 0 aromatic rings. The van der Waals surface area contributed by atoms with Crippen molar-refractivity contribution in [2.75, 3.05) is 6.61 Å². The van der Waals surface area contributed by atoms with Crippen LogP contribution in [-0.2, 0) is 9.53 Å². The summed E-state index contributed by atoms with van der Waals surface area (Å²) in [4.78, 5) is 11.0. The first-order valence-corrected chi connectivity index (χ1v) is 4.13. The number of nitrogens with two attached hydrogens (primary N) is 1. The molecule has 0 rings (SSSR count). The van der Waals surface area contributed by atoms with Gasteiger partial charge < -0.3 is 10.5 Å². The highest BCUT2D eigenvalue weighted by atomic mass is 16.5. The second kappa shape index (κ2) is 5.77. The van der Waals surface area contributed by atoms with Crippen LogP contribution in [0.3, 0.4) is 0 Å². The summed E-state index contributed by atoms with van der Waals surface area (Å²) in [6.45, 7) is 6.10. The van der Waals surface area contributed by atoms with Gasteiger partial charge >= 0.3 is 5.97 Å². The summed E-state index contributed by atoms with van der Waals surface area (Å²) in [7, 11) is 0. The monoisotopic (exact) mass is 171 g/mol. The van der Waals surface area contributed by atoms with E-state index in [1.54, 1.807) is 6.92 Å². The molecule has 3 nitrogen and oxygen atoms in total. The van der Waals surface area contributed by atoms with E-state index in [4.69, 9.17) is 10.5 Å².